The molecule has 1 aromatic rings. The van der Waals surface area contributed by atoms with E-state index in [1.165, 1.54) is 0 Å². The molecular weight excluding hydrogens is 314 g/mol. The molecule has 100 valence electrons. The van der Waals surface area contributed by atoms with E-state index in [2.05, 4.69) is 32.1 Å². The minimum Gasteiger partial charge on any atom is -0.326 e. The maximum Gasteiger partial charge on any atom is 0.251 e. The molecule has 1 aliphatic rings. The Morgan fingerprint density at radius 3 is 2.53 bits per heavy atom. The Hall–Kier alpha value is -1.89. The molecule has 2 rings (SSSR count). The van der Waals surface area contributed by atoms with Gasteiger partial charge < -0.3 is 5.32 Å². The van der Waals surface area contributed by atoms with E-state index in [4.69, 9.17) is 0 Å². The monoisotopic (exact) mass is 325 g/mol. The molecule has 0 saturated carbocycles. The lowest BCUT2D eigenvalue weighted by molar-refractivity contribution is -0.131. The van der Waals surface area contributed by atoms with Crippen LogP contribution >= 0.6 is 15.9 Å². The Morgan fingerprint density at radius 1 is 1.32 bits per heavy atom. The number of carbonyl (C=O) groups is 3. The van der Waals surface area contributed by atoms with Crippen LogP contribution in [0.15, 0.2) is 22.7 Å². The summed E-state index contributed by atoms with van der Waals surface area (Å²) in [7, 11) is 0. The number of benzene rings is 1. The third-order valence-corrected chi connectivity index (χ3v) is 3.29. The smallest absolute Gasteiger partial charge is 0.251 e. The number of aryl methyl sites for hydroxylation is 1. The number of anilines is 1. The number of nitrogens with one attached hydrogen (secondary N) is 3. The van der Waals surface area contributed by atoms with Crippen molar-refractivity contribution in [2.45, 2.75) is 13.3 Å². The molecule has 1 aliphatic heterocycles. The summed E-state index contributed by atoms with van der Waals surface area (Å²) in [5.74, 6) is -2.29. The zero-order valence-corrected chi connectivity index (χ0v) is 11.7. The lowest BCUT2D eigenvalue weighted by Gasteiger charge is -2.09. The highest BCUT2D eigenvalue weighted by atomic mass is 79.9. The Morgan fingerprint density at radius 2 is 1.95 bits per heavy atom. The Labute approximate surface area is 118 Å². The van der Waals surface area contributed by atoms with Crippen LogP contribution in [0.1, 0.15) is 12.0 Å². The van der Waals surface area contributed by atoms with E-state index in [-0.39, 0.29) is 12.3 Å². The van der Waals surface area contributed by atoms with E-state index in [9.17, 15) is 14.4 Å². The molecule has 3 amide bonds. The van der Waals surface area contributed by atoms with E-state index in [1.807, 2.05) is 13.0 Å². The van der Waals surface area contributed by atoms with Gasteiger partial charge in [0, 0.05) is 16.6 Å². The predicted octanol–water partition coefficient (Wildman–Crippen LogP) is 0.863. The molecule has 0 atom stereocenters. The van der Waals surface area contributed by atoms with Crippen molar-refractivity contribution in [2.75, 3.05) is 5.32 Å². The van der Waals surface area contributed by atoms with Gasteiger partial charge in [-0.3, -0.25) is 25.2 Å². The van der Waals surface area contributed by atoms with Crippen molar-refractivity contribution < 1.29 is 14.4 Å². The highest BCUT2D eigenvalue weighted by molar-refractivity contribution is 9.10. The molecule has 6 nitrogen and oxygen atoms in total. The van der Waals surface area contributed by atoms with Crippen LogP contribution in [0.4, 0.5) is 5.69 Å². The maximum absolute atomic E-state index is 11.8. The van der Waals surface area contributed by atoms with Crippen LogP contribution in [-0.2, 0) is 14.4 Å². The van der Waals surface area contributed by atoms with Crippen molar-refractivity contribution in [2.24, 2.45) is 5.92 Å². The largest absolute Gasteiger partial charge is 0.326 e. The van der Waals surface area contributed by atoms with Crippen molar-refractivity contribution in [3.63, 3.8) is 0 Å². The van der Waals surface area contributed by atoms with Gasteiger partial charge in [0.25, 0.3) is 11.8 Å². The van der Waals surface area contributed by atoms with E-state index in [0.717, 1.165) is 10.0 Å². The third-order valence-electron chi connectivity index (χ3n) is 2.79. The second kappa shape index (κ2) is 5.40. The van der Waals surface area contributed by atoms with E-state index in [0.29, 0.717) is 5.69 Å². The molecule has 0 radical (unpaired) electrons. The molecule has 1 fully saturated rings. The van der Waals surface area contributed by atoms with E-state index >= 15 is 0 Å². The molecule has 3 N–H and O–H groups in total. The minimum atomic E-state index is -0.962. The third kappa shape index (κ3) is 3.11. The fourth-order valence-corrected chi connectivity index (χ4v) is 2.23. The van der Waals surface area contributed by atoms with Crippen molar-refractivity contribution in [3.8, 4) is 0 Å². The van der Waals surface area contributed by atoms with Gasteiger partial charge in [-0.05, 0) is 30.7 Å². The SMILES string of the molecule is Cc1cc(Br)ccc1NC(=O)CC1C(=O)NNC1=O. The first-order chi connectivity index (χ1) is 8.97. The van der Waals surface area contributed by atoms with Crippen LogP contribution in [0.5, 0.6) is 0 Å². The number of carbonyl (C=O) groups excluding carboxylic acids is 3. The van der Waals surface area contributed by atoms with Crippen molar-refractivity contribution in [1.82, 2.24) is 10.9 Å². The molecule has 0 aromatic heterocycles. The van der Waals surface area contributed by atoms with Gasteiger partial charge in [-0.15, -0.1) is 0 Å². The minimum absolute atomic E-state index is 0.173. The molecule has 0 unspecified atom stereocenters. The summed E-state index contributed by atoms with van der Waals surface area (Å²) in [5, 5.41) is 2.69. The summed E-state index contributed by atoms with van der Waals surface area (Å²) >= 11 is 3.33. The Bertz CT molecular complexity index is 543. The summed E-state index contributed by atoms with van der Waals surface area (Å²) in [4.78, 5) is 34.4. The summed E-state index contributed by atoms with van der Waals surface area (Å²) in [5.41, 5.74) is 5.92. The lowest BCUT2D eigenvalue weighted by atomic mass is 10.0. The predicted molar refractivity (Wildman–Crippen MR) is 71.9 cm³/mol. The normalized spacial score (nSPS) is 15.1. The molecule has 1 aromatic carbocycles. The van der Waals surface area contributed by atoms with Crippen LogP contribution in [0.3, 0.4) is 0 Å². The van der Waals surface area contributed by atoms with Crippen LogP contribution in [-0.4, -0.2) is 17.7 Å². The summed E-state index contributed by atoms with van der Waals surface area (Å²) < 4.78 is 0.914. The Kier molecular flexibility index (Phi) is 3.84. The fraction of sp³-hybridized carbons (Fsp3) is 0.250. The first kappa shape index (κ1) is 13.5. The molecule has 7 heteroatoms. The highest BCUT2D eigenvalue weighted by Gasteiger charge is 2.34. The first-order valence-corrected chi connectivity index (χ1v) is 6.42. The quantitative estimate of drug-likeness (QED) is 0.720. The molecule has 0 aliphatic carbocycles. The molecular formula is C12H12BrN3O3. The maximum atomic E-state index is 11.8. The average Bonchev–Trinajstić information content (AvgIpc) is 2.65. The van der Waals surface area contributed by atoms with Crippen LogP contribution in [0.2, 0.25) is 0 Å². The van der Waals surface area contributed by atoms with Gasteiger partial charge in [0.2, 0.25) is 5.91 Å². The Balaban J connectivity index is 2.01. The average molecular weight is 326 g/mol. The van der Waals surface area contributed by atoms with Crippen LogP contribution in [0.25, 0.3) is 0 Å². The number of hydrogen-bond donors (Lipinski definition) is 3. The zero-order valence-electron chi connectivity index (χ0n) is 10.1. The van der Waals surface area contributed by atoms with Crippen molar-refractivity contribution in [3.05, 3.63) is 28.2 Å². The number of hydrogen-bond acceptors (Lipinski definition) is 3. The molecule has 1 saturated heterocycles. The summed E-state index contributed by atoms with van der Waals surface area (Å²) in [6.07, 6.45) is -0.173. The van der Waals surface area contributed by atoms with Crippen molar-refractivity contribution >= 4 is 39.3 Å². The van der Waals surface area contributed by atoms with Gasteiger partial charge in [0.15, 0.2) is 0 Å². The first-order valence-electron chi connectivity index (χ1n) is 5.63. The molecule has 1 heterocycles. The van der Waals surface area contributed by atoms with E-state index < -0.39 is 17.7 Å². The van der Waals surface area contributed by atoms with E-state index in [1.54, 1.807) is 12.1 Å². The molecule has 0 bridgehead atoms. The van der Waals surface area contributed by atoms with Gasteiger partial charge in [-0.2, -0.15) is 0 Å². The van der Waals surface area contributed by atoms with Gasteiger partial charge >= 0.3 is 0 Å². The fourth-order valence-electron chi connectivity index (χ4n) is 1.76. The summed E-state index contributed by atoms with van der Waals surface area (Å²) in [6.45, 7) is 1.86. The molecule has 19 heavy (non-hydrogen) atoms. The zero-order chi connectivity index (χ0) is 14.0. The standard InChI is InChI=1S/C12H12BrN3O3/c1-6-4-7(13)2-3-9(6)14-10(17)5-8-11(18)15-16-12(8)19/h2-4,8H,5H2,1H3,(H,14,17)(H,15,18)(H,16,19). The number of hydrazine groups is 1. The van der Waals surface area contributed by atoms with Gasteiger partial charge in [0.05, 0.1) is 0 Å². The number of rotatable bonds is 3. The number of amides is 3. The number of halogens is 1. The molecule has 0 spiro atoms. The second-order valence-corrected chi connectivity index (χ2v) is 5.16. The van der Waals surface area contributed by atoms with Crippen LogP contribution < -0.4 is 16.2 Å². The van der Waals surface area contributed by atoms with Crippen molar-refractivity contribution in [1.29, 1.82) is 0 Å². The van der Waals surface area contributed by atoms with Gasteiger partial charge in [-0.25, -0.2) is 0 Å². The van der Waals surface area contributed by atoms with Gasteiger partial charge in [-0.1, -0.05) is 15.9 Å². The van der Waals surface area contributed by atoms with Crippen LogP contribution in [0, 0.1) is 12.8 Å². The topological polar surface area (TPSA) is 87.3 Å². The summed E-state index contributed by atoms with van der Waals surface area (Å²) in [6, 6.07) is 5.42. The van der Waals surface area contributed by atoms with Gasteiger partial charge in [0.1, 0.15) is 5.92 Å². The second-order valence-electron chi connectivity index (χ2n) is 4.24. The highest BCUT2D eigenvalue weighted by Crippen LogP contribution is 2.20. The lowest BCUT2D eigenvalue weighted by Crippen LogP contribution is -2.28.